The van der Waals surface area contributed by atoms with Crippen LogP contribution in [0.3, 0.4) is 0 Å². The third-order valence-electron chi connectivity index (χ3n) is 4.45. The second-order valence-corrected chi connectivity index (χ2v) is 6.43. The standard InChI is InChI=1S/C18H21N3O4/c1-11-6-7-14(13(10-11)18(23)24)19-15(22)8-9-16-20-17(21-25-16)12-4-2-3-5-12/h6-7,10,12H,2-5,8-9H2,1H3,(H,19,22)(H,23,24). The number of rotatable bonds is 6. The Balaban J connectivity index is 1.57. The highest BCUT2D eigenvalue weighted by atomic mass is 16.5. The molecule has 132 valence electrons. The maximum absolute atomic E-state index is 12.1. The van der Waals surface area contributed by atoms with Gasteiger partial charge in [-0.15, -0.1) is 0 Å². The van der Waals surface area contributed by atoms with Crippen molar-refractivity contribution in [1.29, 1.82) is 0 Å². The molecule has 25 heavy (non-hydrogen) atoms. The molecular formula is C18H21N3O4. The van der Waals surface area contributed by atoms with Gasteiger partial charge in [-0.2, -0.15) is 4.98 Å². The second-order valence-electron chi connectivity index (χ2n) is 6.43. The van der Waals surface area contributed by atoms with Crippen LogP contribution < -0.4 is 5.32 Å². The van der Waals surface area contributed by atoms with Gasteiger partial charge >= 0.3 is 5.97 Å². The highest BCUT2D eigenvalue weighted by molar-refractivity contribution is 6.00. The molecule has 0 atom stereocenters. The maximum Gasteiger partial charge on any atom is 0.337 e. The first-order valence-electron chi connectivity index (χ1n) is 8.49. The molecule has 0 saturated heterocycles. The van der Waals surface area contributed by atoms with Gasteiger partial charge in [-0.1, -0.05) is 29.6 Å². The van der Waals surface area contributed by atoms with Crippen molar-refractivity contribution in [2.24, 2.45) is 0 Å². The number of carbonyl (C=O) groups excluding carboxylic acids is 1. The van der Waals surface area contributed by atoms with Crippen molar-refractivity contribution in [2.75, 3.05) is 5.32 Å². The highest BCUT2D eigenvalue weighted by Gasteiger charge is 2.22. The van der Waals surface area contributed by atoms with Gasteiger partial charge in [0.15, 0.2) is 5.82 Å². The summed E-state index contributed by atoms with van der Waals surface area (Å²) in [7, 11) is 0. The summed E-state index contributed by atoms with van der Waals surface area (Å²) in [6.45, 7) is 1.80. The van der Waals surface area contributed by atoms with E-state index >= 15 is 0 Å². The highest BCUT2D eigenvalue weighted by Crippen LogP contribution is 2.32. The van der Waals surface area contributed by atoms with E-state index in [1.807, 2.05) is 0 Å². The number of nitrogens with one attached hydrogen (secondary N) is 1. The van der Waals surface area contributed by atoms with E-state index < -0.39 is 5.97 Å². The lowest BCUT2D eigenvalue weighted by atomic mass is 10.1. The van der Waals surface area contributed by atoms with Crippen LogP contribution in [0, 0.1) is 6.92 Å². The van der Waals surface area contributed by atoms with Crippen LogP contribution in [0.1, 0.15) is 65.7 Å². The predicted molar refractivity (Wildman–Crippen MR) is 90.6 cm³/mol. The van der Waals surface area contributed by atoms with E-state index in [1.165, 1.54) is 18.9 Å². The van der Waals surface area contributed by atoms with Crippen LogP contribution in [0.5, 0.6) is 0 Å². The number of benzene rings is 1. The Hall–Kier alpha value is -2.70. The third kappa shape index (κ3) is 4.23. The number of carbonyl (C=O) groups is 2. The molecule has 1 aromatic heterocycles. The normalized spacial score (nSPS) is 14.6. The molecule has 1 saturated carbocycles. The van der Waals surface area contributed by atoms with Crippen LogP contribution in [0.2, 0.25) is 0 Å². The van der Waals surface area contributed by atoms with Crippen LogP contribution in [-0.4, -0.2) is 27.1 Å². The van der Waals surface area contributed by atoms with Crippen molar-refractivity contribution >= 4 is 17.6 Å². The Morgan fingerprint density at radius 2 is 2.08 bits per heavy atom. The van der Waals surface area contributed by atoms with E-state index in [1.54, 1.807) is 19.1 Å². The molecule has 1 aromatic carbocycles. The summed E-state index contributed by atoms with van der Waals surface area (Å²) >= 11 is 0. The molecule has 1 amide bonds. The Bertz CT molecular complexity index is 778. The fourth-order valence-corrected chi connectivity index (χ4v) is 3.10. The van der Waals surface area contributed by atoms with Gasteiger partial charge in [0.2, 0.25) is 11.8 Å². The SMILES string of the molecule is Cc1ccc(NC(=O)CCc2nc(C3CCCC3)no2)c(C(=O)O)c1. The number of hydrogen-bond donors (Lipinski definition) is 2. The van der Waals surface area contributed by atoms with E-state index in [9.17, 15) is 14.7 Å². The van der Waals surface area contributed by atoms with Crippen LogP contribution >= 0.6 is 0 Å². The summed E-state index contributed by atoms with van der Waals surface area (Å²) in [6.07, 6.45) is 5.05. The van der Waals surface area contributed by atoms with Crippen LogP contribution in [0.4, 0.5) is 5.69 Å². The number of hydrogen-bond acceptors (Lipinski definition) is 5. The minimum absolute atomic E-state index is 0.0784. The smallest absolute Gasteiger partial charge is 0.337 e. The molecule has 1 fully saturated rings. The number of carboxylic acid groups (broad SMARTS) is 1. The fraction of sp³-hybridized carbons (Fsp3) is 0.444. The van der Waals surface area contributed by atoms with Gasteiger partial charge < -0.3 is 14.9 Å². The Labute approximate surface area is 145 Å². The minimum Gasteiger partial charge on any atom is -0.478 e. The quantitative estimate of drug-likeness (QED) is 0.833. The van der Waals surface area contributed by atoms with Crippen molar-refractivity contribution < 1.29 is 19.2 Å². The molecule has 2 aromatic rings. The zero-order chi connectivity index (χ0) is 17.8. The fourth-order valence-electron chi connectivity index (χ4n) is 3.10. The Morgan fingerprint density at radius 3 is 2.80 bits per heavy atom. The molecule has 0 radical (unpaired) electrons. The van der Waals surface area contributed by atoms with Gasteiger partial charge in [0.25, 0.3) is 0 Å². The molecule has 1 aliphatic rings. The van der Waals surface area contributed by atoms with Gasteiger partial charge in [0, 0.05) is 18.8 Å². The van der Waals surface area contributed by atoms with Gasteiger partial charge in [-0.25, -0.2) is 4.79 Å². The molecule has 1 aliphatic carbocycles. The first kappa shape index (κ1) is 17.1. The largest absolute Gasteiger partial charge is 0.478 e. The van der Waals surface area contributed by atoms with Gasteiger partial charge in [-0.3, -0.25) is 4.79 Å². The van der Waals surface area contributed by atoms with E-state index in [4.69, 9.17) is 4.52 Å². The summed E-state index contributed by atoms with van der Waals surface area (Å²) in [5, 5.41) is 15.9. The summed E-state index contributed by atoms with van der Waals surface area (Å²) in [4.78, 5) is 27.8. The maximum atomic E-state index is 12.1. The van der Waals surface area contributed by atoms with Gasteiger partial charge in [-0.05, 0) is 31.9 Å². The number of aryl methyl sites for hydroxylation is 2. The lowest BCUT2D eigenvalue weighted by Crippen LogP contribution is -2.15. The molecule has 7 nitrogen and oxygen atoms in total. The van der Waals surface area contributed by atoms with Crippen LogP contribution in [-0.2, 0) is 11.2 Å². The molecule has 2 N–H and O–H groups in total. The molecule has 0 unspecified atom stereocenters. The van der Waals surface area contributed by atoms with E-state index in [-0.39, 0.29) is 17.9 Å². The molecule has 3 rings (SSSR count). The molecule has 0 spiro atoms. The molecular weight excluding hydrogens is 322 g/mol. The Kier molecular flexibility index (Phi) is 5.11. The summed E-state index contributed by atoms with van der Waals surface area (Å²) in [6, 6.07) is 4.89. The summed E-state index contributed by atoms with van der Waals surface area (Å²) in [5.74, 6) is 0.195. The predicted octanol–water partition coefficient (Wildman–Crippen LogP) is 3.31. The zero-order valence-electron chi connectivity index (χ0n) is 14.1. The second kappa shape index (κ2) is 7.46. The summed E-state index contributed by atoms with van der Waals surface area (Å²) in [5.41, 5.74) is 1.19. The number of aromatic carboxylic acids is 1. The zero-order valence-corrected chi connectivity index (χ0v) is 14.1. The van der Waals surface area contributed by atoms with Gasteiger partial charge in [0.05, 0.1) is 11.3 Å². The number of nitrogens with zero attached hydrogens (tertiary/aromatic N) is 2. The lowest BCUT2D eigenvalue weighted by molar-refractivity contribution is -0.116. The number of carboxylic acids is 1. The van der Waals surface area contributed by atoms with E-state index in [0.29, 0.717) is 23.9 Å². The average molecular weight is 343 g/mol. The van der Waals surface area contributed by atoms with E-state index in [0.717, 1.165) is 24.2 Å². The van der Waals surface area contributed by atoms with Crippen LogP contribution in [0.25, 0.3) is 0 Å². The summed E-state index contributed by atoms with van der Waals surface area (Å²) < 4.78 is 5.22. The topological polar surface area (TPSA) is 105 Å². The molecule has 0 aliphatic heterocycles. The first-order chi connectivity index (χ1) is 12.0. The Morgan fingerprint density at radius 1 is 1.32 bits per heavy atom. The minimum atomic E-state index is -1.07. The average Bonchev–Trinajstić information content (AvgIpc) is 3.25. The van der Waals surface area contributed by atoms with Crippen molar-refractivity contribution in [3.05, 3.63) is 41.0 Å². The number of anilines is 1. The number of amides is 1. The number of aromatic nitrogens is 2. The van der Waals surface area contributed by atoms with Gasteiger partial charge in [0.1, 0.15) is 0 Å². The van der Waals surface area contributed by atoms with Crippen molar-refractivity contribution in [3.8, 4) is 0 Å². The molecule has 0 bridgehead atoms. The monoisotopic (exact) mass is 343 g/mol. The molecule has 7 heteroatoms. The first-order valence-corrected chi connectivity index (χ1v) is 8.49. The lowest BCUT2D eigenvalue weighted by Gasteiger charge is -2.08. The van der Waals surface area contributed by atoms with Crippen molar-refractivity contribution in [1.82, 2.24) is 10.1 Å². The molecule has 1 heterocycles. The van der Waals surface area contributed by atoms with E-state index in [2.05, 4.69) is 15.5 Å². The van der Waals surface area contributed by atoms with Crippen molar-refractivity contribution in [2.45, 2.75) is 51.4 Å². The third-order valence-corrected chi connectivity index (χ3v) is 4.45. The van der Waals surface area contributed by atoms with Crippen molar-refractivity contribution in [3.63, 3.8) is 0 Å². The van der Waals surface area contributed by atoms with Crippen LogP contribution in [0.15, 0.2) is 22.7 Å².